The second-order valence-electron chi connectivity index (χ2n) is 2.31. The molecular formula is C8H16NO. The maximum absolute atomic E-state index is 10.8. The summed E-state index contributed by atoms with van der Waals surface area (Å²) < 4.78 is 0. The lowest BCUT2D eigenvalue weighted by Gasteiger charge is -1.99. The van der Waals surface area contributed by atoms with Crippen LogP contribution in [-0.2, 0) is 4.79 Å². The van der Waals surface area contributed by atoms with Gasteiger partial charge in [-0.25, -0.2) is 0 Å². The third kappa shape index (κ3) is 5.60. The van der Waals surface area contributed by atoms with E-state index in [1.54, 1.807) is 0 Å². The van der Waals surface area contributed by atoms with Gasteiger partial charge in [-0.15, -0.1) is 0 Å². The normalized spacial score (nSPS) is 9.40. The van der Waals surface area contributed by atoms with Gasteiger partial charge in [-0.1, -0.05) is 19.8 Å². The van der Waals surface area contributed by atoms with Gasteiger partial charge in [0.1, 0.15) is 0 Å². The molecule has 0 saturated carbocycles. The van der Waals surface area contributed by atoms with E-state index in [1.165, 1.54) is 0 Å². The van der Waals surface area contributed by atoms with E-state index >= 15 is 0 Å². The van der Waals surface area contributed by atoms with E-state index in [9.17, 15) is 4.79 Å². The molecule has 0 bridgehead atoms. The predicted octanol–water partition coefficient (Wildman–Crippen LogP) is 1.52. The molecule has 59 valence electrons. The third-order valence-corrected chi connectivity index (χ3v) is 1.33. The molecule has 0 aromatic carbocycles. The van der Waals surface area contributed by atoms with Gasteiger partial charge in [-0.3, -0.25) is 4.79 Å². The van der Waals surface area contributed by atoms with Gasteiger partial charge in [-0.2, -0.15) is 0 Å². The van der Waals surface area contributed by atoms with Crippen molar-refractivity contribution in [2.24, 2.45) is 0 Å². The van der Waals surface area contributed by atoms with E-state index in [-0.39, 0.29) is 5.91 Å². The first kappa shape index (κ1) is 9.47. The number of nitrogens with one attached hydrogen (secondary N) is 1. The lowest BCUT2D eigenvalue weighted by molar-refractivity contribution is -0.121. The second-order valence-corrected chi connectivity index (χ2v) is 2.31. The molecule has 0 saturated heterocycles. The monoisotopic (exact) mass is 142 g/mol. The van der Waals surface area contributed by atoms with Gasteiger partial charge in [0.15, 0.2) is 0 Å². The van der Waals surface area contributed by atoms with Gasteiger partial charge >= 0.3 is 0 Å². The molecule has 0 rings (SSSR count). The number of unbranched alkanes of at least 4 members (excludes halogenated alkanes) is 2. The molecule has 0 unspecified atom stereocenters. The van der Waals surface area contributed by atoms with Crippen LogP contribution in [0, 0.1) is 6.92 Å². The zero-order valence-corrected chi connectivity index (χ0v) is 6.65. The second kappa shape index (κ2) is 6.59. The molecule has 0 aliphatic heterocycles. The smallest absolute Gasteiger partial charge is 0.219 e. The molecule has 0 atom stereocenters. The molecule has 0 heterocycles. The SMILES string of the molecule is [CH2]CNC(=O)CCCCC. The minimum atomic E-state index is 0.128. The molecule has 1 radical (unpaired) electrons. The fraction of sp³-hybridized carbons (Fsp3) is 0.750. The number of hydrogen-bond acceptors (Lipinski definition) is 1. The molecule has 1 amide bonds. The van der Waals surface area contributed by atoms with Crippen molar-refractivity contribution in [2.45, 2.75) is 32.6 Å². The summed E-state index contributed by atoms with van der Waals surface area (Å²) in [6, 6.07) is 0. The fourth-order valence-electron chi connectivity index (χ4n) is 0.763. The lowest BCUT2D eigenvalue weighted by Crippen LogP contribution is -2.22. The molecule has 0 spiro atoms. The van der Waals surface area contributed by atoms with Crippen LogP contribution in [0.1, 0.15) is 32.6 Å². The quantitative estimate of drug-likeness (QED) is 0.579. The molecule has 1 N–H and O–H groups in total. The predicted molar refractivity (Wildman–Crippen MR) is 42.5 cm³/mol. The van der Waals surface area contributed by atoms with Gasteiger partial charge in [0, 0.05) is 13.0 Å². The number of carbonyl (C=O) groups excluding carboxylic acids is 1. The van der Waals surface area contributed by atoms with Crippen LogP contribution in [-0.4, -0.2) is 12.5 Å². The molecule has 2 nitrogen and oxygen atoms in total. The molecular weight excluding hydrogens is 126 g/mol. The minimum absolute atomic E-state index is 0.128. The van der Waals surface area contributed by atoms with Crippen molar-refractivity contribution in [1.29, 1.82) is 0 Å². The number of rotatable bonds is 5. The van der Waals surface area contributed by atoms with Crippen LogP contribution in [0.3, 0.4) is 0 Å². The Labute approximate surface area is 63.0 Å². The number of hydrogen-bond donors (Lipinski definition) is 1. The van der Waals surface area contributed by atoms with E-state index in [4.69, 9.17) is 0 Å². The highest BCUT2D eigenvalue weighted by Crippen LogP contribution is 1.97. The summed E-state index contributed by atoms with van der Waals surface area (Å²) in [5.41, 5.74) is 0. The van der Waals surface area contributed by atoms with E-state index in [0.717, 1.165) is 19.3 Å². The first-order valence-corrected chi connectivity index (χ1v) is 3.87. The van der Waals surface area contributed by atoms with E-state index in [1.807, 2.05) is 0 Å². The van der Waals surface area contributed by atoms with Crippen LogP contribution in [0.2, 0.25) is 0 Å². The summed E-state index contributed by atoms with van der Waals surface area (Å²) in [6.07, 6.45) is 3.97. The highest BCUT2D eigenvalue weighted by molar-refractivity contribution is 5.75. The highest BCUT2D eigenvalue weighted by Gasteiger charge is 1.96. The fourth-order valence-corrected chi connectivity index (χ4v) is 0.763. The Morgan fingerprint density at radius 3 is 2.70 bits per heavy atom. The van der Waals surface area contributed by atoms with Gasteiger partial charge in [0.2, 0.25) is 5.91 Å². The largest absolute Gasteiger partial charge is 0.356 e. The first-order chi connectivity index (χ1) is 4.81. The number of amides is 1. The van der Waals surface area contributed by atoms with Crippen LogP contribution in [0.5, 0.6) is 0 Å². The molecule has 0 aliphatic rings. The molecule has 0 fully saturated rings. The van der Waals surface area contributed by atoms with Crippen LogP contribution < -0.4 is 5.32 Å². The van der Waals surface area contributed by atoms with E-state index in [2.05, 4.69) is 19.2 Å². The summed E-state index contributed by atoms with van der Waals surface area (Å²) in [6.45, 7) is 6.15. The van der Waals surface area contributed by atoms with E-state index in [0.29, 0.717) is 13.0 Å². The van der Waals surface area contributed by atoms with Crippen molar-refractivity contribution >= 4 is 5.91 Å². The van der Waals surface area contributed by atoms with Gasteiger partial charge in [-0.05, 0) is 13.3 Å². The zero-order chi connectivity index (χ0) is 7.82. The maximum atomic E-state index is 10.8. The molecule has 10 heavy (non-hydrogen) atoms. The van der Waals surface area contributed by atoms with Crippen molar-refractivity contribution < 1.29 is 4.79 Å². The van der Waals surface area contributed by atoms with Gasteiger partial charge < -0.3 is 5.32 Å². The van der Waals surface area contributed by atoms with Crippen molar-refractivity contribution in [1.82, 2.24) is 5.32 Å². The molecule has 0 aliphatic carbocycles. The summed E-state index contributed by atoms with van der Waals surface area (Å²) in [5, 5.41) is 2.65. The third-order valence-electron chi connectivity index (χ3n) is 1.33. The summed E-state index contributed by atoms with van der Waals surface area (Å²) >= 11 is 0. The molecule has 0 aromatic heterocycles. The van der Waals surface area contributed by atoms with Crippen molar-refractivity contribution in [2.75, 3.05) is 6.54 Å². The molecule has 2 heteroatoms. The summed E-state index contributed by atoms with van der Waals surface area (Å²) in [4.78, 5) is 10.8. The Balaban J connectivity index is 3.05. The average molecular weight is 142 g/mol. The Hall–Kier alpha value is -0.530. The Morgan fingerprint density at radius 2 is 2.20 bits per heavy atom. The van der Waals surface area contributed by atoms with Crippen molar-refractivity contribution in [3.63, 3.8) is 0 Å². The topological polar surface area (TPSA) is 29.1 Å². The van der Waals surface area contributed by atoms with Crippen LogP contribution in [0.4, 0.5) is 0 Å². The Bertz CT molecular complexity index is 91.3. The van der Waals surface area contributed by atoms with Gasteiger partial charge in [0.25, 0.3) is 0 Å². The minimum Gasteiger partial charge on any atom is -0.356 e. The number of carbonyl (C=O) groups is 1. The van der Waals surface area contributed by atoms with Crippen molar-refractivity contribution in [3.05, 3.63) is 6.92 Å². The van der Waals surface area contributed by atoms with E-state index < -0.39 is 0 Å². The Morgan fingerprint density at radius 1 is 1.50 bits per heavy atom. The van der Waals surface area contributed by atoms with Crippen LogP contribution >= 0.6 is 0 Å². The molecule has 0 aromatic rings. The standard InChI is InChI=1S/C8H16NO/c1-3-5-6-7-8(10)9-4-2/h2-7H2,1H3,(H,9,10). The maximum Gasteiger partial charge on any atom is 0.219 e. The summed E-state index contributed by atoms with van der Waals surface area (Å²) in [5.74, 6) is 0.128. The first-order valence-electron chi connectivity index (χ1n) is 3.87. The Kier molecular flexibility index (Phi) is 6.24. The average Bonchev–Trinajstić information content (AvgIpc) is 1.89. The lowest BCUT2D eigenvalue weighted by atomic mass is 10.2. The highest BCUT2D eigenvalue weighted by atomic mass is 16.1. The summed E-state index contributed by atoms with van der Waals surface area (Å²) in [7, 11) is 0. The van der Waals surface area contributed by atoms with Crippen LogP contribution in [0.25, 0.3) is 0 Å². The van der Waals surface area contributed by atoms with Gasteiger partial charge in [0.05, 0.1) is 0 Å². The zero-order valence-electron chi connectivity index (χ0n) is 6.65. The van der Waals surface area contributed by atoms with Crippen molar-refractivity contribution in [3.8, 4) is 0 Å². The van der Waals surface area contributed by atoms with Crippen LogP contribution in [0.15, 0.2) is 0 Å².